The number of carbonyl (C=O) groups excluding carboxylic acids is 4. The van der Waals surface area contributed by atoms with Gasteiger partial charge in [0.1, 0.15) is 5.57 Å². The van der Waals surface area contributed by atoms with Gasteiger partial charge in [0.15, 0.2) is 0 Å². The lowest BCUT2D eigenvalue weighted by Crippen LogP contribution is -2.54. The topological polar surface area (TPSA) is 97.7 Å². The molecule has 0 bridgehead atoms. The molecule has 0 unspecified atom stereocenters. The van der Waals surface area contributed by atoms with E-state index in [1.807, 2.05) is 83.4 Å². The Morgan fingerprint density at radius 2 is 1.50 bits per heavy atom. The standard InChI is InChI=1S/C37H28ClN3O5/c1-3-46-36(44)26-17-19-28(20-18-26)40-32(24-11-6-4-7-12-24)22-27(33(40)25-13-8-5-9-14-25)21-29-34(42)39-37(45)41(35(29)43)31-16-10-15-30(38)23(31)2/h4-22H,3H2,1-2H3,(H,39,42,45)/b29-21-. The maximum absolute atomic E-state index is 13.9. The second-order valence-electron chi connectivity index (χ2n) is 10.5. The number of aromatic nitrogens is 1. The minimum atomic E-state index is -0.856. The fourth-order valence-corrected chi connectivity index (χ4v) is 5.62. The van der Waals surface area contributed by atoms with Crippen molar-refractivity contribution in [1.29, 1.82) is 0 Å². The average Bonchev–Trinajstić information content (AvgIpc) is 3.45. The van der Waals surface area contributed by atoms with Crippen LogP contribution >= 0.6 is 11.6 Å². The maximum atomic E-state index is 13.9. The average molecular weight is 630 g/mol. The van der Waals surface area contributed by atoms with Gasteiger partial charge in [0.05, 0.1) is 29.2 Å². The van der Waals surface area contributed by atoms with Gasteiger partial charge in [-0.2, -0.15) is 0 Å². The second kappa shape index (κ2) is 12.7. The van der Waals surface area contributed by atoms with Crippen molar-refractivity contribution in [1.82, 2.24) is 9.88 Å². The summed E-state index contributed by atoms with van der Waals surface area (Å²) in [4.78, 5) is 53.5. The number of anilines is 1. The van der Waals surface area contributed by atoms with Gasteiger partial charge in [-0.05, 0) is 79.1 Å². The Balaban J connectivity index is 1.58. The summed E-state index contributed by atoms with van der Waals surface area (Å²) in [6, 6.07) is 32.2. The molecule has 0 aliphatic carbocycles. The van der Waals surface area contributed by atoms with Crippen molar-refractivity contribution < 1.29 is 23.9 Å². The van der Waals surface area contributed by atoms with Crippen molar-refractivity contribution in [2.45, 2.75) is 13.8 Å². The van der Waals surface area contributed by atoms with E-state index in [4.69, 9.17) is 16.3 Å². The highest BCUT2D eigenvalue weighted by Gasteiger charge is 2.38. The van der Waals surface area contributed by atoms with Gasteiger partial charge in [-0.25, -0.2) is 14.5 Å². The third-order valence-corrected chi connectivity index (χ3v) is 8.07. The molecule has 6 rings (SSSR count). The molecule has 5 aromatic rings. The highest BCUT2D eigenvalue weighted by molar-refractivity contribution is 6.40. The molecule has 0 radical (unpaired) electrons. The number of halogens is 1. The maximum Gasteiger partial charge on any atom is 0.338 e. The van der Waals surface area contributed by atoms with E-state index in [1.54, 1.807) is 44.2 Å². The molecule has 0 saturated carbocycles. The molecule has 0 spiro atoms. The number of nitrogens with zero attached hydrogens (tertiary/aromatic N) is 2. The second-order valence-corrected chi connectivity index (χ2v) is 10.9. The lowest BCUT2D eigenvalue weighted by atomic mass is 10.0. The molecule has 1 fully saturated rings. The third kappa shape index (κ3) is 5.62. The van der Waals surface area contributed by atoms with E-state index in [0.717, 1.165) is 27.4 Å². The van der Waals surface area contributed by atoms with Crippen LogP contribution in [-0.2, 0) is 14.3 Å². The van der Waals surface area contributed by atoms with Gasteiger partial charge in [0.25, 0.3) is 11.8 Å². The molecule has 1 aliphatic heterocycles. The molecule has 1 saturated heterocycles. The van der Waals surface area contributed by atoms with Gasteiger partial charge < -0.3 is 9.30 Å². The largest absolute Gasteiger partial charge is 0.462 e. The quantitative estimate of drug-likeness (QED) is 0.113. The zero-order valence-electron chi connectivity index (χ0n) is 25.0. The highest BCUT2D eigenvalue weighted by atomic mass is 35.5. The van der Waals surface area contributed by atoms with Crippen LogP contribution < -0.4 is 10.2 Å². The number of hydrogen-bond acceptors (Lipinski definition) is 5. The number of barbiturate groups is 1. The normalized spacial score (nSPS) is 14.0. The molecular weight excluding hydrogens is 602 g/mol. The zero-order chi connectivity index (χ0) is 32.4. The Bertz CT molecular complexity index is 2020. The third-order valence-electron chi connectivity index (χ3n) is 7.67. The van der Waals surface area contributed by atoms with Crippen molar-refractivity contribution in [3.8, 4) is 28.2 Å². The minimum Gasteiger partial charge on any atom is -0.462 e. The van der Waals surface area contributed by atoms with E-state index in [9.17, 15) is 19.2 Å². The van der Waals surface area contributed by atoms with Crippen LogP contribution in [0.4, 0.5) is 10.5 Å². The smallest absolute Gasteiger partial charge is 0.338 e. The minimum absolute atomic E-state index is 0.217. The number of rotatable bonds is 7. The van der Waals surface area contributed by atoms with E-state index < -0.39 is 23.8 Å². The summed E-state index contributed by atoms with van der Waals surface area (Å²) in [6.45, 7) is 3.72. The molecule has 9 heteroatoms. The summed E-state index contributed by atoms with van der Waals surface area (Å²) < 4.78 is 7.19. The van der Waals surface area contributed by atoms with Crippen LogP contribution in [0.2, 0.25) is 5.02 Å². The van der Waals surface area contributed by atoms with Crippen molar-refractivity contribution in [3.05, 3.63) is 136 Å². The first kappa shape index (κ1) is 30.3. The summed E-state index contributed by atoms with van der Waals surface area (Å²) >= 11 is 6.31. The Morgan fingerprint density at radius 1 is 0.848 bits per heavy atom. The van der Waals surface area contributed by atoms with E-state index in [0.29, 0.717) is 27.4 Å². The van der Waals surface area contributed by atoms with Gasteiger partial charge in [-0.15, -0.1) is 0 Å². The van der Waals surface area contributed by atoms with Gasteiger partial charge in [-0.1, -0.05) is 78.3 Å². The van der Waals surface area contributed by atoms with Crippen LogP contribution in [-0.4, -0.2) is 35.0 Å². The van der Waals surface area contributed by atoms with Crippen LogP contribution in [0.25, 0.3) is 34.3 Å². The number of urea groups is 1. The molecular formula is C37H28ClN3O5. The van der Waals surface area contributed by atoms with Crippen molar-refractivity contribution in [3.63, 3.8) is 0 Å². The Hall–Kier alpha value is -5.73. The Morgan fingerprint density at radius 3 is 2.15 bits per heavy atom. The van der Waals surface area contributed by atoms with Crippen molar-refractivity contribution >= 4 is 47.2 Å². The SMILES string of the molecule is CCOC(=O)c1ccc(-n2c(-c3ccccc3)cc(/C=C3/C(=O)NC(=O)N(c4cccc(Cl)c4C)C3=O)c2-c2ccccc2)cc1. The summed E-state index contributed by atoms with van der Waals surface area (Å²) in [5.41, 5.74) is 5.46. The molecule has 8 nitrogen and oxygen atoms in total. The van der Waals surface area contributed by atoms with Crippen LogP contribution in [0.1, 0.15) is 28.4 Å². The van der Waals surface area contributed by atoms with E-state index in [-0.39, 0.29) is 17.9 Å². The molecule has 46 heavy (non-hydrogen) atoms. The Labute approximate surface area is 270 Å². The molecule has 1 N–H and O–H groups in total. The summed E-state index contributed by atoms with van der Waals surface area (Å²) in [7, 11) is 0. The number of ether oxygens (including phenoxy) is 1. The first-order chi connectivity index (χ1) is 22.3. The fraction of sp³-hybridized carbons (Fsp3) is 0.0811. The monoisotopic (exact) mass is 629 g/mol. The molecule has 4 aromatic carbocycles. The predicted octanol–water partition coefficient (Wildman–Crippen LogP) is 7.62. The number of hydrogen-bond donors (Lipinski definition) is 1. The number of benzene rings is 4. The molecule has 228 valence electrons. The summed E-state index contributed by atoms with van der Waals surface area (Å²) in [5.74, 6) is -2.00. The van der Waals surface area contributed by atoms with Crippen LogP contribution in [0.5, 0.6) is 0 Å². The van der Waals surface area contributed by atoms with Crippen LogP contribution in [0.3, 0.4) is 0 Å². The van der Waals surface area contributed by atoms with Crippen molar-refractivity contribution in [2.24, 2.45) is 0 Å². The number of esters is 1. The number of nitrogens with one attached hydrogen (secondary N) is 1. The number of carbonyl (C=O) groups is 4. The van der Waals surface area contributed by atoms with Gasteiger partial charge in [0.2, 0.25) is 0 Å². The van der Waals surface area contributed by atoms with Gasteiger partial charge >= 0.3 is 12.0 Å². The van der Waals surface area contributed by atoms with Crippen LogP contribution in [0.15, 0.2) is 115 Å². The molecule has 4 amide bonds. The molecule has 1 aliphatic rings. The molecule has 0 atom stereocenters. The first-order valence-corrected chi connectivity index (χ1v) is 15.0. The van der Waals surface area contributed by atoms with E-state index in [2.05, 4.69) is 5.32 Å². The van der Waals surface area contributed by atoms with Crippen LogP contribution in [0, 0.1) is 6.92 Å². The Kier molecular flexibility index (Phi) is 8.37. The van der Waals surface area contributed by atoms with E-state index in [1.165, 1.54) is 6.08 Å². The van der Waals surface area contributed by atoms with E-state index >= 15 is 0 Å². The summed E-state index contributed by atoms with van der Waals surface area (Å²) in [5, 5.41) is 2.69. The molecule has 2 heterocycles. The number of amides is 4. The van der Waals surface area contributed by atoms with Gasteiger partial charge in [0, 0.05) is 16.3 Å². The number of imide groups is 2. The summed E-state index contributed by atoms with van der Waals surface area (Å²) in [6.07, 6.45) is 1.51. The fourth-order valence-electron chi connectivity index (χ4n) is 5.45. The van der Waals surface area contributed by atoms with Crippen molar-refractivity contribution in [2.75, 3.05) is 11.5 Å². The first-order valence-electron chi connectivity index (χ1n) is 14.6. The highest BCUT2D eigenvalue weighted by Crippen LogP contribution is 2.38. The predicted molar refractivity (Wildman–Crippen MR) is 178 cm³/mol. The lowest BCUT2D eigenvalue weighted by molar-refractivity contribution is -0.122. The lowest BCUT2D eigenvalue weighted by Gasteiger charge is -2.27. The van der Waals surface area contributed by atoms with Gasteiger partial charge in [-0.3, -0.25) is 14.9 Å². The molecule has 1 aromatic heterocycles. The zero-order valence-corrected chi connectivity index (χ0v) is 25.7.